The van der Waals surface area contributed by atoms with Gasteiger partial charge in [-0.1, -0.05) is 42.5 Å². The van der Waals surface area contributed by atoms with E-state index >= 15 is 0 Å². The van der Waals surface area contributed by atoms with Crippen molar-refractivity contribution >= 4 is 16.9 Å². The van der Waals surface area contributed by atoms with Crippen LogP contribution in [0.4, 0.5) is 4.39 Å². The molecule has 5 heteroatoms. The minimum atomic E-state index is -0.217. The van der Waals surface area contributed by atoms with Gasteiger partial charge in [-0.15, -0.1) is 0 Å². The van der Waals surface area contributed by atoms with Gasteiger partial charge in [-0.25, -0.2) is 9.37 Å². The van der Waals surface area contributed by atoms with Gasteiger partial charge in [0.15, 0.2) is 0 Å². The molecule has 2 N–H and O–H groups in total. The second kappa shape index (κ2) is 8.05. The molecule has 140 valence electrons. The van der Waals surface area contributed by atoms with E-state index in [1.807, 2.05) is 42.5 Å². The number of aromatic amines is 1. The van der Waals surface area contributed by atoms with Crippen LogP contribution in [0.1, 0.15) is 22.5 Å². The Hall–Kier alpha value is -3.47. The number of carbonyl (C=O) groups is 1. The average Bonchev–Trinajstić information content (AvgIpc) is 3.16. The lowest BCUT2D eigenvalue weighted by Gasteiger charge is -2.06. The van der Waals surface area contributed by atoms with Crippen molar-refractivity contribution in [3.05, 3.63) is 90.0 Å². The van der Waals surface area contributed by atoms with Crippen molar-refractivity contribution in [3.63, 3.8) is 0 Å². The number of nitrogens with one attached hydrogen (secondary N) is 2. The van der Waals surface area contributed by atoms with Crippen LogP contribution in [0.5, 0.6) is 0 Å². The molecule has 4 aromatic rings. The summed E-state index contributed by atoms with van der Waals surface area (Å²) < 4.78 is 13.9. The minimum absolute atomic E-state index is 0.132. The van der Waals surface area contributed by atoms with Crippen molar-refractivity contribution in [1.29, 1.82) is 0 Å². The van der Waals surface area contributed by atoms with Crippen molar-refractivity contribution in [1.82, 2.24) is 15.3 Å². The molecule has 0 radical (unpaired) electrons. The Labute approximate surface area is 162 Å². The van der Waals surface area contributed by atoms with Crippen LogP contribution in [-0.4, -0.2) is 22.4 Å². The van der Waals surface area contributed by atoms with Gasteiger partial charge in [0.05, 0.1) is 0 Å². The summed E-state index contributed by atoms with van der Waals surface area (Å²) in [6.07, 6.45) is 3.35. The molecule has 0 aliphatic rings. The summed E-state index contributed by atoms with van der Waals surface area (Å²) in [7, 11) is 0. The third kappa shape index (κ3) is 3.93. The van der Waals surface area contributed by atoms with Crippen LogP contribution in [0.25, 0.3) is 22.2 Å². The first kappa shape index (κ1) is 17.9. The van der Waals surface area contributed by atoms with E-state index in [0.29, 0.717) is 23.4 Å². The Balaban J connectivity index is 1.29. The quantitative estimate of drug-likeness (QED) is 0.480. The van der Waals surface area contributed by atoms with Crippen LogP contribution in [0.3, 0.4) is 0 Å². The van der Waals surface area contributed by atoms with Crippen molar-refractivity contribution in [2.45, 2.75) is 12.8 Å². The van der Waals surface area contributed by atoms with E-state index in [2.05, 4.69) is 15.3 Å². The lowest BCUT2D eigenvalue weighted by atomic mass is 10.0. The Bertz CT molecular complexity index is 1070. The van der Waals surface area contributed by atoms with Crippen LogP contribution in [0.2, 0.25) is 0 Å². The fourth-order valence-corrected chi connectivity index (χ4v) is 3.22. The fraction of sp³-hybridized carbons (Fsp3) is 0.130. The predicted molar refractivity (Wildman–Crippen MR) is 109 cm³/mol. The monoisotopic (exact) mass is 373 g/mol. The number of pyridine rings is 1. The van der Waals surface area contributed by atoms with Crippen molar-refractivity contribution < 1.29 is 9.18 Å². The number of benzene rings is 2. The predicted octanol–water partition coefficient (Wildman–Crippen LogP) is 4.73. The Kier molecular flexibility index (Phi) is 5.15. The normalized spacial score (nSPS) is 10.9. The second-order valence-electron chi connectivity index (χ2n) is 6.66. The molecule has 2 heterocycles. The number of hydrogen-bond acceptors (Lipinski definition) is 2. The summed E-state index contributed by atoms with van der Waals surface area (Å²) >= 11 is 0. The van der Waals surface area contributed by atoms with Gasteiger partial charge in [-0.05, 0) is 48.2 Å². The third-order valence-electron chi connectivity index (χ3n) is 4.70. The molecule has 0 fully saturated rings. The third-order valence-corrected chi connectivity index (χ3v) is 4.70. The number of aromatic nitrogens is 2. The first-order valence-corrected chi connectivity index (χ1v) is 9.26. The van der Waals surface area contributed by atoms with Crippen molar-refractivity contribution in [3.8, 4) is 11.1 Å². The zero-order chi connectivity index (χ0) is 19.3. The van der Waals surface area contributed by atoms with E-state index in [1.165, 1.54) is 6.07 Å². The molecule has 0 aliphatic carbocycles. The standard InChI is InChI=1S/C23H20FN3O/c24-20-8-2-1-7-19(20)17-11-9-16(10-12-17)5-3-14-26-23(28)21-15-18-6-4-13-25-22(18)27-21/h1-2,4,6-13,15H,3,5,14H2,(H,25,27)(H,26,28). The van der Waals surface area contributed by atoms with Crippen LogP contribution < -0.4 is 5.32 Å². The van der Waals surface area contributed by atoms with Crippen LogP contribution in [-0.2, 0) is 6.42 Å². The summed E-state index contributed by atoms with van der Waals surface area (Å²) in [6.45, 7) is 0.580. The Morgan fingerprint density at radius 3 is 2.64 bits per heavy atom. The molecule has 4 rings (SSSR count). The molecule has 0 atom stereocenters. The fourth-order valence-electron chi connectivity index (χ4n) is 3.22. The summed E-state index contributed by atoms with van der Waals surface area (Å²) in [5.41, 5.74) is 3.85. The first-order chi connectivity index (χ1) is 13.7. The first-order valence-electron chi connectivity index (χ1n) is 9.26. The van der Waals surface area contributed by atoms with E-state index in [0.717, 1.165) is 29.4 Å². The van der Waals surface area contributed by atoms with Gasteiger partial charge in [0.1, 0.15) is 17.2 Å². The molecule has 4 nitrogen and oxygen atoms in total. The number of amides is 1. The van der Waals surface area contributed by atoms with Crippen molar-refractivity contribution in [2.24, 2.45) is 0 Å². The highest BCUT2D eigenvalue weighted by molar-refractivity contribution is 5.97. The summed E-state index contributed by atoms with van der Waals surface area (Å²) in [4.78, 5) is 19.5. The van der Waals surface area contributed by atoms with Gasteiger partial charge in [-0.2, -0.15) is 0 Å². The summed E-state index contributed by atoms with van der Waals surface area (Å²) in [5.74, 6) is -0.349. The zero-order valence-electron chi connectivity index (χ0n) is 15.3. The molecule has 0 saturated carbocycles. The molecular formula is C23H20FN3O. The number of fused-ring (bicyclic) bond motifs is 1. The number of carbonyl (C=O) groups excluding carboxylic acids is 1. The van der Waals surface area contributed by atoms with Crippen LogP contribution in [0.15, 0.2) is 72.9 Å². The molecule has 0 saturated heterocycles. The maximum Gasteiger partial charge on any atom is 0.267 e. The van der Waals surface area contributed by atoms with Gasteiger partial charge >= 0.3 is 0 Å². The van der Waals surface area contributed by atoms with E-state index in [9.17, 15) is 9.18 Å². The topological polar surface area (TPSA) is 57.8 Å². The van der Waals surface area contributed by atoms with Gasteiger partial charge in [0, 0.05) is 23.7 Å². The second-order valence-corrected chi connectivity index (χ2v) is 6.66. The molecule has 0 aliphatic heterocycles. The van der Waals surface area contributed by atoms with Gasteiger partial charge in [-0.3, -0.25) is 4.79 Å². The highest BCUT2D eigenvalue weighted by Gasteiger charge is 2.09. The molecule has 1 amide bonds. The van der Waals surface area contributed by atoms with Crippen LogP contribution >= 0.6 is 0 Å². The molecular weight excluding hydrogens is 353 g/mol. The number of halogens is 1. The molecule has 0 bridgehead atoms. The van der Waals surface area contributed by atoms with Crippen molar-refractivity contribution in [2.75, 3.05) is 6.54 Å². The largest absolute Gasteiger partial charge is 0.351 e. The molecule has 2 aromatic carbocycles. The van der Waals surface area contributed by atoms with Gasteiger partial charge in [0.2, 0.25) is 0 Å². The van der Waals surface area contributed by atoms with E-state index in [-0.39, 0.29) is 11.7 Å². The molecule has 0 spiro atoms. The van der Waals surface area contributed by atoms with Gasteiger partial charge < -0.3 is 10.3 Å². The number of H-pyrrole nitrogens is 1. The number of rotatable bonds is 6. The number of aryl methyl sites for hydroxylation is 1. The summed E-state index contributed by atoms with van der Waals surface area (Å²) in [6, 6.07) is 20.2. The number of nitrogens with zero attached hydrogens (tertiary/aromatic N) is 1. The molecule has 0 unspecified atom stereocenters. The Morgan fingerprint density at radius 2 is 1.86 bits per heavy atom. The van der Waals surface area contributed by atoms with E-state index in [4.69, 9.17) is 0 Å². The smallest absolute Gasteiger partial charge is 0.267 e. The van der Waals surface area contributed by atoms with E-state index in [1.54, 1.807) is 24.4 Å². The molecule has 2 aromatic heterocycles. The maximum absolute atomic E-state index is 13.9. The minimum Gasteiger partial charge on any atom is -0.351 e. The lowest BCUT2D eigenvalue weighted by molar-refractivity contribution is 0.0949. The van der Waals surface area contributed by atoms with Crippen LogP contribution in [0, 0.1) is 5.82 Å². The average molecular weight is 373 g/mol. The zero-order valence-corrected chi connectivity index (χ0v) is 15.3. The van der Waals surface area contributed by atoms with E-state index < -0.39 is 0 Å². The molecule has 28 heavy (non-hydrogen) atoms. The highest BCUT2D eigenvalue weighted by Crippen LogP contribution is 2.23. The maximum atomic E-state index is 13.9. The number of hydrogen-bond donors (Lipinski definition) is 2. The SMILES string of the molecule is O=C(NCCCc1ccc(-c2ccccc2F)cc1)c1cc2cccnc2[nH]1. The lowest BCUT2D eigenvalue weighted by Crippen LogP contribution is -2.25. The highest BCUT2D eigenvalue weighted by atomic mass is 19.1. The Morgan fingerprint density at radius 1 is 1.04 bits per heavy atom. The summed E-state index contributed by atoms with van der Waals surface area (Å²) in [5, 5.41) is 3.85. The van der Waals surface area contributed by atoms with Gasteiger partial charge in [0.25, 0.3) is 5.91 Å².